The average Bonchev–Trinajstić information content (AvgIpc) is 2.47. The third kappa shape index (κ3) is 1.98. The van der Waals surface area contributed by atoms with Crippen LogP contribution in [-0.4, -0.2) is 7.05 Å². The maximum absolute atomic E-state index is 5.79. The van der Waals surface area contributed by atoms with Crippen LogP contribution < -0.4 is 5.32 Å². The van der Waals surface area contributed by atoms with Crippen LogP contribution in [0, 0.1) is 6.92 Å². The molecule has 0 spiro atoms. The van der Waals surface area contributed by atoms with E-state index < -0.39 is 0 Å². The third-order valence-corrected chi connectivity index (χ3v) is 3.44. The number of hydrogen-bond acceptors (Lipinski definition) is 2. The van der Waals surface area contributed by atoms with Crippen molar-refractivity contribution in [3.05, 3.63) is 32.4 Å². The van der Waals surface area contributed by atoms with Gasteiger partial charge >= 0.3 is 0 Å². The summed E-state index contributed by atoms with van der Waals surface area (Å²) in [6, 6.07) is 4.08. The van der Waals surface area contributed by atoms with Crippen molar-refractivity contribution in [2.24, 2.45) is 0 Å². The topological polar surface area (TPSA) is 25.2 Å². The van der Waals surface area contributed by atoms with E-state index in [2.05, 4.69) is 50.2 Å². The van der Waals surface area contributed by atoms with E-state index in [0.717, 1.165) is 32.2 Å². The minimum Gasteiger partial charge on any atom is -0.458 e. The number of aryl methyl sites for hydroxylation is 1. The summed E-state index contributed by atoms with van der Waals surface area (Å²) in [5.74, 6) is 0.992. The van der Waals surface area contributed by atoms with Gasteiger partial charge < -0.3 is 9.73 Å². The van der Waals surface area contributed by atoms with Crippen LogP contribution in [0.3, 0.4) is 0 Å². The molecule has 2 aromatic rings. The van der Waals surface area contributed by atoms with Gasteiger partial charge in [0.2, 0.25) is 0 Å². The van der Waals surface area contributed by atoms with Crippen molar-refractivity contribution in [2.75, 3.05) is 7.05 Å². The molecule has 0 radical (unpaired) electrons. The molecular weight excluding hydrogens is 322 g/mol. The van der Waals surface area contributed by atoms with Gasteiger partial charge in [-0.1, -0.05) is 15.9 Å². The summed E-state index contributed by atoms with van der Waals surface area (Å²) >= 11 is 6.98. The third-order valence-electron chi connectivity index (χ3n) is 2.39. The van der Waals surface area contributed by atoms with Gasteiger partial charge in [-0.25, -0.2) is 0 Å². The number of rotatable bonds is 2. The van der Waals surface area contributed by atoms with Crippen LogP contribution in [0.2, 0.25) is 0 Å². The summed E-state index contributed by atoms with van der Waals surface area (Å²) in [6.07, 6.45) is 0. The molecule has 0 aliphatic heterocycles. The summed E-state index contributed by atoms with van der Waals surface area (Å²) in [6.45, 7) is 2.84. The number of benzene rings is 1. The van der Waals surface area contributed by atoms with Gasteiger partial charge in [0, 0.05) is 9.86 Å². The molecule has 0 fully saturated rings. The van der Waals surface area contributed by atoms with Crippen LogP contribution in [0.25, 0.3) is 11.0 Å². The Morgan fingerprint density at radius 2 is 2.07 bits per heavy atom. The van der Waals surface area contributed by atoms with Crippen LogP contribution in [0.1, 0.15) is 11.3 Å². The van der Waals surface area contributed by atoms with Crippen LogP contribution in [0.4, 0.5) is 0 Å². The number of hydrogen-bond donors (Lipinski definition) is 1. The van der Waals surface area contributed by atoms with Gasteiger partial charge in [-0.2, -0.15) is 0 Å². The molecule has 0 saturated carbocycles. The van der Waals surface area contributed by atoms with E-state index >= 15 is 0 Å². The molecule has 0 saturated heterocycles. The minimum atomic E-state index is 0.755. The highest BCUT2D eigenvalue weighted by Gasteiger charge is 2.12. The fourth-order valence-electron chi connectivity index (χ4n) is 1.62. The van der Waals surface area contributed by atoms with Gasteiger partial charge in [-0.15, -0.1) is 0 Å². The first kappa shape index (κ1) is 11.2. The Bertz CT molecular complexity index is 505. The van der Waals surface area contributed by atoms with E-state index in [-0.39, 0.29) is 0 Å². The number of furan rings is 1. The molecule has 0 aliphatic rings. The summed E-state index contributed by atoms with van der Waals surface area (Å²) in [5.41, 5.74) is 2.11. The minimum absolute atomic E-state index is 0.755. The standard InChI is InChI=1S/C11H11Br2NO/c1-6-8-3-7(12)4-9(13)11(8)15-10(6)5-14-2/h3-4,14H,5H2,1-2H3. The van der Waals surface area contributed by atoms with Gasteiger partial charge in [0.25, 0.3) is 0 Å². The van der Waals surface area contributed by atoms with Crippen LogP contribution in [-0.2, 0) is 6.54 Å². The van der Waals surface area contributed by atoms with Crippen molar-refractivity contribution in [3.8, 4) is 0 Å². The van der Waals surface area contributed by atoms with E-state index in [0.29, 0.717) is 0 Å². The second-order valence-electron chi connectivity index (χ2n) is 3.44. The summed E-state index contributed by atoms with van der Waals surface area (Å²) in [4.78, 5) is 0. The Kier molecular flexibility index (Phi) is 3.19. The van der Waals surface area contributed by atoms with Crippen LogP contribution in [0.5, 0.6) is 0 Å². The predicted molar refractivity (Wildman–Crippen MR) is 69.1 cm³/mol. The Hall–Kier alpha value is -0.320. The van der Waals surface area contributed by atoms with E-state index in [1.54, 1.807) is 0 Å². The van der Waals surface area contributed by atoms with Crippen molar-refractivity contribution in [1.29, 1.82) is 0 Å². The van der Waals surface area contributed by atoms with E-state index in [1.165, 1.54) is 5.56 Å². The van der Waals surface area contributed by atoms with Gasteiger partial charge in [-0.05, 0) is 47.6 Å². The largest absolute Gasteiger partial charge is 0.458 e. The fourth-order valence-corrected chi connectivity index (χ4v) is 2.93. The molecule has 2 rings (SSSR count). The van der Waals surface area contributed by atoms with Crippen LogP contribution >= 0.6 is 31.9 Å². The van der Waals surface area contributed by atoms with Gasteiger partial charge in [-0.3, -0.25) is 0 Å². The van der Waals surface area contributed by atoms with Crippen molar-refractivity contribution in [1.82, 2.24) is 5.32 Å². The Morgan fingerprint density at radius 1 is 1.33 bits per heavy atom. The lowest BCUT2D eigenvalue weighted by Crippen LogP contribution is -2.04. The van der Waals surface area contributed by atoms with Gasteiger partial charge in [0.05, 0.1) is 11.0 Å². The first-order chi connectivity index (χ1) is 7.13. The summed E-state index contributed by atoms with van der Waals surface area (Å²) in [5, 5.41) is 4.25. The molecule has 0 bridgehead atoms. The summed E-state index contributed by atoms with van der Waals surface area (Å²) in [7, 11) is 1.91. The summed E-state index contributed by atoms with van der Waals surface area (Å²) < 4.78 is 7.84. The second kappa shape index (κ2) is 4.28. The first-order valence-corrected chi connectivity index (χ1v) is 6.23. The van der Waals surface area contributed by atoms with Crippen molar-refractivity contribution in [3.63, 3.8) is 0 Å². The molecule has 0 unspecified atom stereocenters. The molecular formula is C11H11Br2NO. The molecule has 0 atom stereocenters. The lowest BCUT2D eigenvalue weighted by atomic mass is 10.1. The predicted octanol–water partition coefficient (Wildman–Crippen LogP) is 3.99. The maximum atomic E-state index is 5.79. The monoisotopic (exact) mass is 331 g/mol. The molecule has 80 valence electrons. The smallest absolute Gasteiger partial charge is 0.148 e. The second-order valence-corrected chi connectivity index (χ2v) is 5.21. The Morgan fingerprint density at radius 3 is 2.73 bits per heavy atom. The molecule has 1 aromatic carbocycles. The molecule has 0 aliphatic carbocycles. The van der Waals surface area contributed by atoms with E-state index in [4.69, 9.17) is 4.42 Å². The molecule has 15 heavy (non-hydrogen) atoms. The molecule has 2 nitrogen and oxygen atoms in total. The van der Waals surface area contributed by atoms with E-state index in [1.807, 2.05) is 13.1 Å². The first-order valence-electron chi connectivity index (χ1n) is 4.65. The van der Waals surface area contributed by atoms with Crippen molar-refractivity contribution in [2.45, 2.75) is 13.5 Å². The zero-order valence-corrected chi connectivity index (χ0v) is 11.7. The van der Waals surface area contributed by atoms with Crippen LogP contribution in [0.15, 0.2) is 25.5 Å². The van der Waals surface area contributed by atoms with E-state index in [9.17, 15) is 0 Å². The molecule has 1 aromatic heterocycles. The zero-order valence-electron chi connectivity index (χ0n) is 8.53. The van der Waals surface area contributed by atoms with Crippen molar-refractivity contribution >= 4 is 42.8 Å². The zero-order chi connectivity index (χ0) is 11.0. The van der Waals surface area contributed by atoms with Gasteiger partial charge in [0.1, 0.15) is 11.3 Å². The highest BCUT2D eigenvalue weighted by molar-refractivity contribution is 9.11. The number of nitrogens with one attached hydrogen (secondary N) is 1. The lowest BCUT2D eigenvalue weighted by Gasteiger charge is -1.95. The molecule has 4 heteroatoms. The Labute approximate surface area is 105 Å². The highest BCUT2D eigenvalue weighted by atomic mass is 79.9. The normalized spacial score (nSPS) is 11.2. The number of halogens is 2. The van der Waals surface area contributed by atoms with Crippen molar-refractivity contribution < 1.29 is 4.42 Å². The lowest BCUT2D eigenvalue weighted by molar-refractivity contribution is 0.526. The molecule has 1 heterocycles. The maximum Gasteiger partial charge on any atom is 0.148 e. The average molecular weight is 333 g/mol. The molecule has 0 amide bonds. The highest BCUT2D eigenvalue weighted by Crippen LogP contribution is 2.33. The number of fused-ring (bicyclic) bond motifs is 1. The van der Waals surface area contributed by atoms with Gasteiger partial charge in [0.15, 0.2) is 0 Å². The Balaban J connectivity index is 2.70. The SMILES string of the molecule is CNCc1oc2c(Br)cc(Br)cc2c1C. The quantitative estimate of drug-likeness (QED) is 0.899. The fraction of sp³-hybridized carbons (Fsp3) is 0.273. The molecule has 1 N–H and O–H groups in total.